The van der Waals surface area contributed by atoms with Gasteiger partial charge in [-0.05, 0) is 13.3 Å². The Balaban J connectivity index is 0. The summed E-state index contributed by atoms with van der Waals surface area (Å²) in [5.41, 5.74) is 0. The number of hydrogen-bond donors (Lipinski definition) is 3. The van der Waals surface area contributed by atoms with Crippen molar-refractivity contribution in [2.24, 2.45) is 0 Å². The first kappa shape index (κ1) is 21.4. The van der Waals surface area contributed by atoms with Crippen LogP contribution in [-0.4, -0.2) is 39.8 Å². The van der Waals surface area contributed by atoms with Gasteiger partial charge < -0.3 is 15.3 Å². The summed E-state index contributed by atoms with van der Waals surface area (Å²) in [6.07, 6.45) is 7.68. The number of Topliss-reactive ketones (excluding diaryl/α,β-unsaturated/α-hetero) is 1. The third kappa shape index (κ3) is 22.3. The fraction of sp³-hybridized carbons (Fsp3) is 0.867. The summed E-state index contributed by atoms with van der Waals surface area (Å²) in [5.74, 6) is -1.15. The number of ketones is 1. The highest BCUT2D eigenvalue weighted by Gasteiger charge is 2.06. The van der Waals surface area contributed by atoms with Crippen LogP contribution in [0.5, 0.6) is 0 Å². The van der Waals surface area contributed by atoms with Crippen molar-refractivity contribution in [3.63, 3.8) is 0 Å². The molecule has 0 amide bonds. The minimum atomic E-state index is -1.01. The van der Waals surface area contributed by atoms with Crippen LogP contribution in [0.25, 0.3) is 0 Å². The van der Waals surface area contributed by atoms with Gasteiger partial charge in [-0.2, -0.15) is 0 Å². The van der Waals surface area contributed by atoms with E-state index in [2.05, 4.69) is 6.92 Å². The molecule has 3 N–H and O–H groups in total. The van der Waals surface area contributed by atoms with E-state index in [9.17, 15) is 9.59 Å². The Morgan fingerprint density at radius 3 is 1.85 bits per heavy atom. The van der Waals surface area contributed by atoms with Crippen LogP contribution in [0, 0.1) is 0 Å². The van der Waals surface area contributed by atoms with Crippen LogP contribution < -0.4 is 0 Å². The lowest BCUT2D eigenvalue weighted by Crippen LogP contribution is -2.05. The van der Waals surface area contributed by atoms with Gasteiger partial charge in [0.15, 0.2) is 0 Å². The Bertz CT molecular complexity index is 238. The summed E-state index contributed by atoms with van der Waals surface area (Å²) in [4.78, 5) is 21.2. The van der Waals surface area contributed by atoms with E-state index in [1.165, 1.54) is 39.0 Å². The topological polar surface area (TPSA) is 94.8 Å². The Kier molecular flexibility index (Phi) is 17.2. The number of aliphatic hydroxyl groups is 2. The van der Waals surface area contributed by atoms with Gasteiger partial charge in [0.25, 0.3) is 0 Å². The highest BCUT2D eigenvalue weighted by Crippen LogP contribution is 2.09. The van der Waals surface area contributed by atoms with E-state index in [0.717, 1.165) is 12.8 Å². The van der Waals surface area contributed by atoms with Crippen molar-refractivity contribution in [3.8, 4) is 0 Å². The zero-order chi connectivity index (χ0) is 15.8. The molecule has 0 aromatic heterocycles. The van der Waals surface area contributed by atoms with Crippen molar-refractivity contribution < 1.29 is 24.9 Å². The Morgan fingerprint density at radius 1 is 1.00 bits per heavy atom. The van der Waals surface area contributed by atoms with E-state index in [4.69, 9.17) is 15.3 Å². The molecule has 0 aromatic carbocycles. The molecule has 1 unspecified atom stereocenters. The lowest BCUT2D eigenvalue weighted by Gasteiger charge is -2.00. The minimum Gasteiger partial charge on any atom is -0.481 e. The van der Waals surface area contributed by atoms with Gasteiger partial charge in [0.05, 0.1) is 12.7 Å². The molecular formula is C15H30O5. The van der Waals surface area contributed by atoms with Crippen molar-refractivity contribution in [2.45, 2.75) is 77.7 Å². The molecule has 0 aromatic rings. The van der Waals surface area contributed by atoms with E-state index in [1.807, 2.05) is 0 Å². The lowest BCUT2D eigenvalue weighted by atomic mass is 10.1. The zero-order valence-electron chi connectivity index (χ0n) is 12.8. The molecule has 0 bridgehead atoms. The molecule has 0 heterocycles. The molecule has 0 fully saturated rings. The first-order valence-electron chi connectivity index (χ1n) is 7.46. The molecule has 120 valence electrons. The third-order valence-electron chi connectivity index (χ3n) is 2.67. The lowest BCUT2D eigenvalue weighted by molar-refractivity contribution is -0.140. The molecular weight excluding hydrogens is 260 g/mol. The molecule has 20 heavy (non-hydrogen) atoms. The number of aliphatic hydroxyl groups excluding tert-OH is 2. The maximum Gasteiger partial charge on any atom is 0.310 e. The van der Waals surface area contributed by atoms with Crippen LogP contribution in [0.15, 0.2) is 0 Å². The number of carbonyl (C=O) groups is 2. The second kappa shape index (κ2) is 16.1. The first-order chi connectivity index (χ1) is 9.43. The van der Waals surface area contributed by atoms with Crippen LogP contribution in [0.3, 0.4) is 0 Å². The molecule has 0 aliphatic rings. The van der Waals surface area contributed by atoms with E-state index in [-0.39, 0.29) is 18.8 Å². The van der Waals surface area contributed by atoms with Crippen molar-refractivity contribution in [3.05, 3.63) is 0 Å². The van der Waals surface area contributed by atoms with E-state index < -0.39 is 12.1 Å². The minimum absolute atomic E-state index is 0.139. The SMILES string of the molecule is CC(O)CO.CCCCCCCCCC(=O)CC(=O)O. The van der Waals surface area contributed by atoms with Gasteiger partial charge in [-0.15, -0.1) is 0 Å². The molecule has 0 aliphatic heterocycles. The molecule has 0 spiro atoms. The number of rotatable bonds is 11. The van der Waals surface area contributed by atoms with Gasteiger partial charge in [0.1, 0.15) is 12.2 Å². The highest BCUT2D eigenvalue weighted by atomic mass is 16.4. The second-order valence-electron chi connectivity index (χ2n) is 5.01. The highest BCUT2D eigenvalue weighted by molar-refractivity contribution is 5.94. The zero-order valence-corrected chi connectivity index (χ0v) is 12.8. The molecule has 5 heteroatoms. The number of aliphatic carboxylic acids is 1. The van der Waals surface area contributed by atoms with Gasteiger partial charge in [-0.3, -0.25) is 9.59 Å². The maximum atomic E-state index is 11.0. The summed E-state index contributed by atoms with van der Waals surface area (Å²) >= 11 is 0. The summed E-state index contributed by atoms with van der Waals surface area (Å²) in [6, 6.07) is 0. The molecule has 1 atom stereocenters. The van der Waals surface area contributed by atoms with E-state index in [0.29, 0.717) is 6.42 Å². The van der Waals surface area contributed by atoms with Crippen molar-refractivity contribution in [2.75, 3.05) is 6.61 Å². The number of unbranched alkanes of at least 4 members (excludes halogenated alkanes) is 6. The largest absolute Gasteiger partial charge is 0.481 e. The average Bonchev–Trinajstić information content (AvgIpc) is 2.37. The predicted octanol–water partition coefficient (Wildman–Crippen LogP) is 2.53. The summed E-state index contributed by atoms with van der Waals surface area (Å²) in [7, 11) is 0. The molecule has 0 saturated carbocycles. The normalized spacial score (nSPS) is 11.4. The van der Waals surface area contributed by atoms with Crippen molar-refractivity contribution >= 4 is 11.8 Å². The van der Waals surface area contributed by atoms with E-state index in [1.54, 1.807) is 0 Å². The number of carboxylic acid groups (broad SMARTS) is 1. The van der Waals surface area contributed by atoms with Crippen molar-refractivity contribution in [1.29, 1.82) is 0 Å². The predicted molar refractivity (Wildman–Crippen MR) is 78.6 cm³/mol. The standard InChI is InChI=1S/C12H22O3.C3H8O2/c1-2-3-4-5-6-7-8-9-11(13)10-12(14)15;1-3(5)2-4/h2-10H2,1H3,(H,14,15);3-5H,2H2,1H3. The summed E-state index contributed by atoms with van der Waals surface area (Å²) < 4.78 is 0. The van der Waals surface area contributed by atoms with E-state index >= 15 is 0 Å². The molecule has 5 nitrogen and oxygen atoms in total. The second-order valence-corrected chi connectivity index (χ2v) is 5.01. The molecule has 0 radical (unpaired) electrons. The fourth-order valence-electron chi connectivity index (χ4n) is 1.54. The third-order valence-corrected chi connectivity index (χ3v) is 2.67. The fourth-order valence-corrected chi connectivity index (χ4v) is 1.54. The number of hydrogen-bond acceptors (Lipinski definition) is 4. The van der Waals surface area contributed by atoms with Crippen LogP contribution in [0.1, 0.15) is 71.6 Å². The first-order valence-corrected chi connectivity index (χ1v) is 7.46. The Labute approximate surface area is 122 Å². The van der Waals surface area contributed by atoms with Crippen molar-refractivity contribution in [1.82, 2.24) is 0 Å². The number of carbonyl (C=O) groups excluding carboxylic acids is 1. The maximum absolute atomic E-state index is 11.0. The van der Waals surface area contributed by atoms with Gasteiger partial charge in [-0.1, -0.05) is 45.4 Å². The van der Waals surface area contributed by atoms with Crippen LogP contribution in [0.2, 0.25) is 0 Å². The van der Waals surface area contributed by atoms with Gasteiger partial charge in [-0.25, -0.2) is 0 Å². The van der Waals surface area contributed by atoms with Crippen LogP contribution in [0.4, 0.5) is 0 Å². The quantitative estimate of drug-likeness (QED) is 0.401. The molecule has 0 aliphatic carbocycles. The van der Waals surface area contributed by atoms with Crippen LogP contribution in [-0.2, 0) is 9.59 Å². The van der Waals surface area contributed by atoms with Crippen LogP contribution >= 0.6 is 0 Å². The van der Waals surface area contributed by atoms with Gasteiger partial charge in [0.2, 0.25) is 0 Å². The Hall–Kier alpha value is -0.940. The summed E-state index contributed by atoms with van der Waals surface area (Å²) in [5, 5.41) is 24.4. The number of carboxylic acids is 1. The smallest absolute Gasteiger partial charge is 0.310 e. The van der Waals surface area contributed by atoms with Gasteiger partial charge in [0, 0.05) is 6.42 Å². The molecule has 0 saturated heterocycles. The summed E-state index contributed by atoms with van der Waals surface area (Å²) in [6.45, 7) is 3.57. The average molecular weight is 290 g/mol. The molecule has 0 rings (SSSR count). The monoisotopic (exact) mass is 290 g/mol. The Morgan fingerprint density at radius 2 is 1.45 bits per heavy atom. The van der Waals surface area contributed by atoms with Gasteiger partial charge >= 0.3 is 5.97 Å².